The average molecular weight is 384 g/mol. The molecule has 0 aliphatic carbocycles. The molecule has 4 aromatic rings. The van der Waals surface area contributed by atoms with Gasteiger partial charge in [0, 0.05) is 30.4 Å². The minimum Gasteiger partial charge on any atom is -0.383 e. The van der Waals surface area contributed by atoms with Gasteiger partial charge in [-0.1, -0.05) is 11.8 Å². The Morgan fingerprint density at radius 3 is 2.72 bits per heavy atom. The average Bonchev–Trinajstić information content (AvgIpc) is 3.22. The second kappa shape index (κ2) is 7.36. The van der Waals surface area contributed by atoms with Crippen molar-refractivity contribution in [3.05, 3.63) is 65.1 Å². The van der Waals surface area contributed by atoms with E-state index >= 15 is 0 Å². The van der Waals surface area contributed by atoms with Crippen LogP contribution in [0.1, 0.15) is 32.9 Å². The molecule has 4 rings (SSSR count). The lowest BCUT2D eigenvalue weighted by molar-refractivity contribution is 0.102. The molecule has 29 heavy (non-hydrogen) atoms. The molecule has 9 nitrogen and oxygen atoms in total. The van der Waals surface area contributed by atoms with E-state index in [9.17, 15) is 4.79 Å². The smallest absolute Gasteiger partial charge is 0.259 e. The van der Waals surface area contributed by atoms with Crippen molar-refractivity contribution in [2.75, 3.05) is 11.1 Å². The van der Waals surface area contributed by atoms with Crippen molar-refractivity contribution in [1.82, 2.24) is 29.9 Å². The Hall–Kier alpha value is -4.32. The topological polar surface area (TPSA) is 135 Å². The summed E-state index contributed by atoms with van der Waals surface area (Å²) in [6.45, 7) is 3.76. The van der Waals surface area contributed by atoms with Crippen molar-refractivity contribution in [2.24, 2.45) is 0 Å². The Morgan fingerprint density at radius 2 is 1.93 bits per heavy atom. The van der Waals surface area contributed by atoms with Crippen LogP contribution in [0.5, 0.6) is 0 Å². The van der Waals surface area contributed by atoms with E-state index in [0.29, 0.717) is 33.7 Å². The van der Waals surface area contributed by atoms with Gasteiger partial charge in [-0.25, -0.2) is 19.9 Å². The van der Waals surface area contributed by atoms with Gasteiger partial charge >= 0.3 is 0 Å². The molecule has 0 bridgehead atoms. The Balaban J connectivity index is 1.69. The number of fused-ring (bicyclic) bond motifs is 1. The van der Waals surface area contributed by atoms with Gasteiger partial charge in [0.15, 0.2) is 0 Å². The first-order valence-corrected chi connectivity index (χ1v) is 8.68. The molecule has 142 valence electrons. The van der Waals surface area contributed by atoms with Gasteiger partial charge in [0.1, 0.15) is 16.9 Å². The fourth-order valence-electron chi connectivity index (χ4n) is 2.61. The van der Waals surface area contributed by atoms with Gasteiger partial charge in [-0.15, -0.1) is 0 Å². The van der Waals surface area contributed by atoms with Crippen molar-refractivity contribution in [1.29, 1.82) is 0 Å². The van der Waals surface area contributed by atoms with Gasteiger partial charge in [0.05, 0.1) is 28.7 Å². The maximum absolute atomic E-state index is 12.3. The highest BCUT2D eigenvalue weighted by atomic mass is 16.1. The number of hydrogen-bond donors (Lipinski definition) is 3. The molecule has 4 aromatic heterocycles. The highest BCUT2D eigenvalue weighted by Crippen LogP contribution is 2.19. The van der Waals surface area contributed by atoms with Crippen LogP contribution in [0.4, 0.5) is 11.8 Å². The number of aromatic amines is 1. The lowest BCUT2D eigenvalue weighted by Crippen LogP contribution is -2.13. The molecule has 9 heteroatoms. The lowest BCUT2D eigenvalue weighted by atomic mass is 10.1. The third-order valence-electron chi connectivity index (χ3n) is 4.22. The van der Waals surface area contributed by atoms with E-state index in [1.807, 2.05) is 13.8 Å². The molecule has 0 saturated heterocycles. The lowest BCUT2D eigenvalue weighted by Gasteiger charge is -2.05. The Morgan fingerprint density at radius 1 is 1.10 bits per heavy atom. The molecule has 0 aliphatic heterocycles. The predicted octanol–water partition coefficient (Wildman–Crippen LogP) is 1.99. The molecular weight excluding hydrogens is 368 g/mol. The number of nitrogen functional groups attached to an aromatic ring is 1. The van der Waals surface area contributed by atoms with E-state index in [0.717, 1.165) is 11.4 Å². The van der Waals surface area contributed by atoms with E-state index in [2.05, 4.69) is 47.1 Å². The summed E-state index contributed by atoms with van der Waals surface area (Å²) in [4.78, 5) is 36.4. The van der Waals surface area contributed by atoms with Crippen molar-refractivity contribution < 1.29 is 4.79 Å². The molecule has 4 heterocycles. The molecule has 0 saturated carbocycles. The van der Waals surface area contributed by atoms with Crippen LogP contribution in [-0.2, 0) is 0 Å². The fraction of sp³-hybridized carbons (Fsp3) is 0.100. The largest absolute Gasteiger partial charge is 0.383 e. The zero-order chi connectivity index (χ0) is 20.4. The summed E-state index contributed by atoms with van der Waals surface area (Å²) in [5, 5.41) is 2.64. The third kappa shape index (κ3) is 3.72. The highest BCUT2D eigenvalue weighted by Gasteiger charge is 2.10. The van der Waals surface area contributed by atoms with Gasteiger partial charge < -0.3 is 10.7 Å². The molecule has 0 unspecified atom stereocenters. The normalized spacial score (nSPS) is 10.4. The summed E-state index contributed by atoms with van der Waals surface area (Å²) in [7, 11) is 0. The summed E-state index contributed by atoms with van der Waals surface area (Å²) in [6, 6.07) is 1.63. The van der Waals surface area contributed by atoms with Gasteiger partial charge in [-0.3, -0.25) is 15.1 Å². The number of carbonyl (C=O) groups excluding carboxylic acids is 1. The standard InChI is InChI=1S/C20H16N8O/c1-11-12(2)27-17-15(18(21)25-10-16(17)26-11)4-3-13-7-14(9-22-8-13)19(29)28-20-23-5-6-24-20/h5-10H,1-2H3,(H2,21,25)(H2,23,24,28,29). The first kappa shape index (κ1) is 18.1. The molecular formula is C20H16N8O. The van der Waals surface area contributed by atoms with Crippen LogP contribution >= 0.6 is 0 Å². The van der Waals surface area contributed by atoms with E-state index in [1.54, 1.807) is 30.9 Å². The van der Waals surface area contributed by atoms with Crippen molar-refractivity contribution in [2.45, 2.75) is 13.8 Å². The number of anilines is 2. The molecule has 4 N–H and O–H groups in total. The van der Waals surface area contributed by atoms with Crippen LogP contribution in [-0.4, -0.2) is 35.8 Å². The molecule has 0 radical (unpaired) electrons. The Kier molecular flexibility index (Phi) is 4.58. The number of imidazole rings is 1. The number of rotatable bonds is 2. The Bertz CT molecular complexity index is 1290. The number of carbonyl (C=O) groups is 1. The van der Waals surface area contributed by atoms with Gasteiger partial charge in [-0.2, -0.15) is 0 Å². The van der Waals surface area contributed by atoms with Gasteiger partial charge in [0.25, 0.3) is 5.91 Å². The number of H-pyrrole nitrogens is 1. The molecule has 0 atom stereocenters. The van der Waals surface area contributed by atoms with E-state index in [1.165, 1.54) is 6.20 Å². The van der Waals surface area contributed by atoms with E-state index < -0.39 is 0 Å². The third-order valence-corrected chi connectivity index (χ3v) is 4.22. The summed E-state index contributed by atoms with van der Waals surface area (Å²) >= 11 is 0. The number of hydrogen-bond acceptors (Lipinski definition) is 7. The maximum atomic E-state index is 12.3. The first-order chi connectivity index (χ1) is 14.0. The van der Waals surface area contributed by atoms with E-state index in [-0.39, 0.29) is 11.7 Å². The molecule has 0 fully saturated rings. The number of nitrogens with zero attached hydrogens (tertiary/aromatic N) is 5. The van der Waals surface area contributed by atoms with E-state index in [4.69, 9.17) is 5.73 Å². The van der Waals surface area contributed by atoms with Crippen LogP contribution in [0.25, 0.3) is 11.0 Å². The minimum atomic E-state index is -0.348. The SMILES string of the molecule is Cc1nc2cnc(N)c(C#Cc3cncc(C(=O)Nc4ncc[nH]4)c3)c2nc1C. The van der Waals surface area contributed by atoms with Crippen LogP contribution in [0.15, 0.2) is 37.1 Å². The van der Waals surface area contributed by atoms with Crippen molar-refractivity contribution in [3.63, 3.8) is 0 Å². The summed E-state index contributed by atoms with van der Waals surface area (Å²) in [5.41, 5.74) is 10.2. The zero-order valence-electron chi connectivity index (χ0n) is 15.7. The molecule has 0 aliphatic rings. The monoisotopic (exact) mass is 384 g/mol. The molecule has 1 amide bonds. The van der Waals surface area contributed by atoms with Crippen molar-refractivity contribution >= 4 is 28.7 Å². The highest BCUT2D eigenvalue weighted by molar-refractivity contribution is 6.03. The Labute approximate surface area is 165 Å². The number of nitrogens with two attached hydrogens (primary N) is 1. The summed E-state index contributed by atoms with van der Waals surface area (Å²) in [5.74, 6) is 6.25. The maximum Gasteiger partial charge on any atom is 0.259 e. The molecule has 0 spiro atoms. The summed E-state index contributed by atoms with van der Waals surface area (Å²) in [6.07, 6.45) is 7.76. The number of aryl methyl sites for hydroxylation is 2. The second-order valence-corrected chi connectivity index (χ2v) is 6.25. The van der Waals surface area contributed by atoms with Crippen LogP contribution in [0.2, 0.25) is 0 Å². The second-order valence-electron chi connectivity index (χ2n) is 6.25. The fourth-order valence-corrected chi connectivity index (χ4v) is 2.61. The zero-order valence-corrected chi connectivity index (χ0v) is 15.7. The number of pyridine rings is 2. The van der Waals surface area contributed by atoms with Crippen LogP contribution in [0, 0.1) is 25.7 Å². The number of amides is 1. The number of aromatic nitrogens is 6. The molecule has 0 aromatic carbocycles. The minimum absolute atomic E-state index is 0.266. The van der Waals surface area contributed by atoms with Crippen LogP contribution in [0.3, 0.4) is 0 Å². The summed E-state index contributed by atoms with van der Waals surface area (Å²) < 4.78 is 0. The van der Waals surface area contributed by atoms with Crippen LogP contribution < -0.4 is 11.1 Å². The predicted molar refractivity (Wildman–Crippen MR) is 108 cm³/mol. The number of nitrogens with one attached hydrogen (secondary N) is 2. The van der Waals surface area contributed by atoms with Gasteiger partial charge in [0.2, 0.25) is 5.95 Å². The quantitative estimate of drug-likeness (QED) is 0.450. The van der Waals surface area contributed by atoms with Gasteiger partial charge in [-0.05, 0) is 19.9 Å². The first-order valence-electron chi connectivity index (χ1n) is 8.68. The van der Waals surface area contributed by atoms with Crippen molar-refractivity contribution in [3.8, 4) is 11.8 Å².